The summed E-state index contributed by atoms with van der Waals surface area (Å²) in [7, 11) is 0. The standard InChI is InChI=1S/C15H18ClN3O2/c1-9(2)19-14(20)8-13(18-15(19)21)17-10(3)11-5-4-6-12(16)7-11/h4-10,17H,1-3H3,(H,18,21)/t10-/m0/s1. The van der Waals surface area contributed by atoms with Gasteiger partial charge >= 0.3 is 5.69 Å². The van der Waals surface area contributed by atoms with Gasteiger partial charge in [0.15, 0.2) is 0 Å². The predicted octanol–water partition coefficient (Wildman–Crippen LogP) is 2.94. The number of H-pyrrole nitrogens is 1. The SMILES string of the molecule is CC(C)n1c(=O)cc(N[C@@H](C)c2cccc(Cl)c2)[nH]c1=O. The molecule has 1 aromatic heterocycles. The molecule has 21 heavy (non-hydrogen) atoms. The molecule has 0 aliphatic rings. The van der Waals surface area contributed by atoms with Crippen LogP contribution in [-0.4, -0.2) is 9.55 Å². The normalized spacial score (nSPS) is 12.4. The van der Waals surface area contributed by atoms with Crippen LogP contribution >= 0.6 is 11.6 Å². The van der Waals surface area contributed by atoms with Crippen LogP contribution in [0.2, 0.25) is 5.02 Å². The van der Waals surface area contributed by atoms with E-state index in [4.69, 9.17) is 11.6 Å². The summed E-state index contributed by atoms with van der Waals surface area (Å²) in [5.41, 5.74) is 0.226. The molecule has 1 heterocycles. The number of hydrogen-bond donors (Lipinski definition) is 2. The largest absolute Gasteiger partial charge is 0.365 e. The fourth-order valence-corrected chi connectivity index (χ4v) is 2.36. The molecule has 0 radical (unpaired) electrons. The van der Waals surface area contributed by atoms with Gasteiger partial charge in [-0.3, -0.25) is 14.3 Å². The first-order chi connectivity index (χ1) is 9.88. The van der Waals surface area contributed by atoms with Crippen LogP contribution < -0.4 is 16.6 Å². The highest BCUT2D eigenvalue weighted by Gasteiger charge is 2.10. The van der Waals surface area contributed by atoms with E-state index in [0.29, 0.717) is 10.8 Å². The summed E-state index contributed by atoms with van der Waals surface area (Å²) in [5.74, 6) is 0.398. The van der Waals surface area contributed by atoms with Crippen molar-refractivity contribution in [2.45, 2.75) is 32.9 Å². The second-order valence-electron chi connectivity index (χ2n) is 5.21. The molecule has 2 aromatic rings. The molecule has 0 aliphatic carbocycles. The smallest absolute Gasteiger partial charge is 0.330 e. The minimum Gasteiger partial charge on any atom is -0.365 e. The Morgan fingerprint density at radius 1 is 1.19 bits per heavy atom. The number of nitrogens with one attached hydrogen (secondary N) is 2. The first-order valence-electron chi connectivity index (χ1n) is 6.76. The average Bonchev–Trinajstić information content (AvgIpc) is 2.37. The van der Waals surface area contributed by atoms with Crippen LogP contribution in [-0.2, 0) is 0 Å². The summed E-state index contributed by atoms with van der Waals surface area (Å²) in [6.45, 7) is 5.51. The Hall–Kier alpha value is -2.01. The van der Waals surface area contributed by atoms with Gasteiger partial charge < -0.3 is 5.32 Å². The van der Waals surface area contributed by atoms with Gasteiger partial charge in [0.25, 0.3) is 5.56 Å². The van der Waals surface area contributed by atoms with Gasteiger partial charge in [-0.15, -0.1) is 0 Å². The lowest BCUT2D eigenvalue weighted by atomic mass is 10.1. The molecule has 0 aliphatic heterocycles. The third kappa shape index (κ3) is 3.55. The van der Waals surface area contributed by atoms with Crippen molar-refractivity contribution < 1.29 is 0 Å². The van der Waals surface area contributed by atoms with Gasteiger partial charge in [0.2, 0.25) is 0 Å². The summed E-state index contributed by atoms with van der Waals surface area (Å²) in [6, 6.07) is 8.54. The molecule has 0 saturated carbocycles. The van der Waals surface area contributed by atoms with Gasteiger partial charge in [-0.25, -0.2) is 4.79 Å². The Morgan fingerprint density at radius 2 is 1.90 bits per heavy atom. The molecule has 1 aromatic carbocycles. The maximum atomic E-state index is 12.0. The van der Waals surface area contributed by atoms with Gasteiger partial charge in [0.1, 0.15) is 5.82 Å². The number of rotatable bonds is 4. The van der Waals surface area contributed by atoms with Crippen molar-refractivity contribution in [2.24, 2.45) is 0 Å². The molecule has 0 saturated heterocycles. The number of anilines is 1. The summed E-state index contributed by atoms with van der Waals surface area (Å²) in [6.07, 6.45) is 0. The molecule has 0 bridgehead atoms. The molecule has 112 valence electrons. The first kappa shape index (κ1) is 15.4. The highest BCUT2D eigenvalue weighted by Crippen LogP contribution is 2.20. The van der Waals surface area contributed by atoms with E-state index in [2.05, 4.69) is 10.3 Å². The van der Waals surface area contributed by atoms with Crippen molar-refractivity contribution in [3.63, 3.8) is 0 Å². The maximum Gasteiger partial charge on any atom is 0.330 e. The van der Waals surface area contributed by atoms with Gasteiger partial charge in [0, 0.05) is 23.2 Å². The first-order valence-corrected chi connectivity index (χ1v) is 7.14. The molecule has 5 nitrogen and oxygen atoms in total. The lowest BCUT2D eigenvalue weighted by molar-refractivity contribution is 0.546. The van der Waals surface area contributed by atoms with Crippen molar-refractivity contribution in [2.75, 3.05) is 5.32 Å². The number of nitrogens with zero attached hydrogens (tertiary/aromatic N) is 1. The number of hydrogen-bond acceptors (Lipinski definition) is 3. The molecule has 2 N–H and O–H groups in total. The zero-order valence-corrected chi connectivity index (χ0v) is 12.9. The van der Waals surface area contributed by atoms with E-state index in [1.54, 1.807) is 19.9 Å². The number of benzene rings is 1. The summed E-state index contributed by atoms with van der Waals surface area (Å²) in [5, 5.41) is 3.75. The Labute approximate surface area is 127 Å². The van der Waals surface area contributed by atoms with Crippen LogP contribution in [0.15, 0.2) is 39.9 Å². The zero-order valence-electron chi connectivity index (χ0n) is 12.2. The minimum absolute atomic E-state index is 0.0892. The lowest BCUT2D eigenvalue weighted by Crippen LogP contribution is -2.36. The van der Waals surface area contributed by atoms with Crippen molar-refractivity contribution >= 4 is 17.4 Å². The van der Waals surface area contributed by atoms with Crippen molar-refractivity contribution in [1.82, 2.24) is 9.55 Å². The average molecular weight is 308 g/mol. The van der Waals surface area contributed by atoms with Gasteiger partial charge in [-0.05, 0) is 38.5 Å². The van der Waals surface area contributed by atoms with E-state index < -0.39 is 5.69 Å². The predicted molar refractivity (Wildman–Crippen MR) is 85.2 cm³/mol. The van der Waals surface area contributed by atoms with E-state index in [-0.39, 0.29) is 17.6 Å². The molecular formula is C15H18ClN3O2. The quantitative estimate of drug-likeness (QED) is 0.912. The summed E-state index contributed by atoms with van der Waals surface area (Å²) < 4.78 is 1.18. The van der Waals surface area contributed by atoms with E-state index in [1.165, 1.54) is 10.6 Å². The van der Waals surface area contributed by atoms with Crippen molar-refractivity contribution in [3.8, 4) is 0 Å². The second-order valence-corrected chi connectivity index (χ2v) is 5.65. The van der Waals surface area contributed by atoms with Crippen LogP contribution in [0, 0.1) is 0 Å². The fraction of sp³-hybridized carbons (Fsp3) is 0.333. The Balaban J connectivity index is 2.28. The third-order valence-corrected chi connectivity index (χ3v) is 3.44. The Morgan fingerprint density at radius 3 is 2.48 bits per heavy atom. The van der Waals surface area contributed by atoms with Crippen molar-refractivity contribution in [1.29, 1.82) is 0 Å². The molecule has 1 atom stereocenters. The highest BCUT2D eigenvalue weighted by atomic mass is 35.5. The molecule has 6 heteroatoms. The number of halogens is 1. The number of aromatic nitrogens is 2. The lowest BCUT2D eigenvalue weighted by Gasteiger charge is -2.16. The molecule has 0 fully saturated rings. The van der Waals surface area contributed by atoms with Crippen LogP contribution in [0.4, 0.5) is 5.82 Å². The number of aromatic amines is 1. The summed E-state index contributed by atoms with van der Waals surface area (Å²) >= 11 is 5.96. The molecule has 0 spiro atoms. The van der Waals surface area contributed by atoms with E-state index in [9.17, 15) is 9.59 Å². The fourth-order valence-electron chi connectivity index (χ4n) is 2.16. The van der Waals surface area contributed by atoms with E-state index in [0.717, 1.165) is 5.56 Å². The van der Waals surface area contributed by atoms with Crippen LogP contribution in [0.5, 0.6) is 0 Å². The molecule has 0 unspecified atom stereocenters. The molecular weight excluding hydrogens is 290 g/mol. The minimum atomic E-state index is -0.418. The summed E-state index contributed by atoms with van der Waals surface area (Å²) in [4.78, 5) is 26.6. The maximum absolute atomic E-state index is 12.0. The second kappa shape index (κ2) is 6.18. The molecule has 2 rings (SSSR count). The van der Waals surface area contributed by atoms with E-state index >= 15 is 0 Å². The molecule has 0 amide bonds. The monoisotopic (exact) mass is 307 g/mol. The Kier molecular flexibility index (Phi) is 4.53. The topological polar surface area (TPSA) is 66.9 Å². The van der Waals surface area contributed by atoms with Gasteiger partial charge in [-0.1, -0.05) is 23.7 Å². The van der Waals surface area contributed by atoms with Gasteiger partial charge in [0.05, 0.1) is 0 Å². The van der Waals surface area contributed by atoms with Crippen LogP contribution in [0.1, 0.15) is 38.4 Å². The third-order valence-electron chi connectivity index (χ3n) is 3.20. The van der Waals surface area contributed by atoms with Crippen LogP contribution in [0.25, 0.3) is 0 Å². The van der Waals surface area contributed by atoms with Crippen molar-refractivity contribution in [3.05, 3.63) is 61.8 Å². The zero-order chi connectivity index (χ0) is 15.6. The van der Waals surface area contributed by atoms with E-state index in [1.807, 2.05) is 25.1 Å². The van der Waals surface area contributed by atoms with Gasteiger partial charge in [-0.2, -0.15) is 0 Å². The Bertz CT molecular complexity index is 718. The van der Waals surface area contributed by atoms with Crippen LogP contribution in [0.3, 0.4) is 0 Å². The highest BCUT2D eigenvalue weighted by molar-refractivity contribution is 6.30.